The van der Waals surface area contributed by atoms with Crippen LogP contribution in [-0.4, -0.2) is 62.6 Å². The van der Waals surface area contributed by atoms with Crippen molar-refractivity contribution in [2.45, 2.75) is 33.1 Å². The molecule has 54 heavy (non-hydrogen) atoms. The molecule has 0 unspecified atom stereocenters. The maximum Gasteiger partial charge on any atom is 0.330 e. The highest BCUT2D eigenvalue weighted by molar-refractivity contribution is 7.96. The minimum atomic E-state index is -5.03. The first-order chi connectivity index (χ1) is 24.9. The highest BCUT2D eigenvalue weighted by atomic mass is 32.2. The minimum Gasteiger partial charge on any atom is -0.412 e. The molecular weight excluding hydrogens is 819 g/mol. The summed E-state index contributed by atoms with van der Waals surface area (Å²) in [6, 6.07) is 12.9. The van der Waals surface area contributed by atoms with Crippen LogP contribution in [0.2, 0.25) is 0 Å². The van der Waals surface area contributed by atoms with E-state index in [2.05, 4.69) is 29.8 Å². The summed E-state index contributed by atoms with van der Waals surface area (Å²) in [6.07, 6.45) is 3.57. The molecule has 26 heteroatoms. The second-order valence-electron chi connectivity index (χ2n) is 10.4. The Kier molecular flexibility index (Phi) is 15.1. The predicted molar refractivity (Wildman–Crippen MR) is 192 cm³/mol. The number of hydrogen-bond acceptors (Lipinski definition) is 19. The van der Waals surface area contributed by atoms with Gasteiger partial charge in [-0.3, -0.25) is 13.9 Å². The molecule has 4 rings (SSSR count). The van der Waals surface area contributed by atoms with Gasteiger partial charge in [0.25, 0.3) is 20.2 Å². The Morgan fingerprint density at radius 1 is 0.852 bits per heavy atom. The lowest BCUT2D eigenvalue weighted by Gasteiger charge is -2.11. The van der Waals surface area contributed by atoms with Crippen LogP contribution < -0.4 is 16.0 Å². The van der Waals surface area contributed by atoms with Crippen molar-refractivity contribution < 1.29 is 68.0 Å². The second-order valence-corrected chi connectivity index (χ2v) is 16.8. The molecule has 0 aliphatic heterocycles. The van der Waals surface area contributed by atoms with Gasteiger partial charge in [-0.25, -0.2) is 18.2 Å². The van der Waals surface area contributed by atoms with Crippen LogP contribution in [0.15, 0.2) is 113 Å². The molecule has 4 aromatic rings. The van der Waals surface area contributed by atoms with E-state index in [1.54, 1.807) is 16.8 Å². The Morgan fingerprint density at radius 2 is 1.52 bits per heavy atom. The van der Waals surface area contributed by atoms with E-state index in [4.69, 9.17) is 20.9 Å². The maximum absolute atomic E-state index is 12.9. The summed E-state index contributed by atoms with van der Waals surface area (Å²) in [6.45, 7) is 2.10. The number of aromatic nitrogens is 1. The number of carbonyl (C=O) groups is 1. The average Bonchev–Trinajstić information content (AvgIpc) is 3.09. The van der Waals surface area contributed by atoms with Gasteiger partial charge in [-0.1, -0.05) is 5.04 Å². The molecule has 0 fully saturated rings. The van der Waals surface area contributed by atoms with Gasteiger partial charge in [0.05, 0.1) is 34.0 Å². The van der Waals surface area contributed by atoms with Gasteiger partial charge in [0.15, 0.2) is 28.8 Å². The number of aryl methyl sites for hydroxylation is 2. The van der Waals surface area contributed by atoms with Gasteiger partial charge in [-0.15, -0.1) is 19.7 Å². The van der Waals surface area contributed by atoms with E-state index in [-0.39, 0.29) is 33.3 Å². The largest absolute Gasteiger partial charge is 0.412 e. The molecule has 0 bridgehead atoms. The first kappa shape index (κ1) is 43.8. The molecule has 1 aromatic heterocycles. The summed E-state index contributed by atoms with van der Waals surface area (Å²) in [7, 11) is -13.7. The Hall–Kier alpha value is -4.61. The van der Waals surface area contributed by atoms with Gasteiger partial charge in [0.1, 0.15) is 38.4 Å². The van der Waals surface area contributed by atoms with Crippen LogP contribution in [-0.2, 0) is 55.0 Å². The summed E-state index contributed by atoms with van der Waals surface area (Å²) in [4.78, 5) is 10.0. The molecule has 0 aliphatic rings. The van der Waals surface area contributed by atoms with Crippen molar-refractivity contribution in [3.05, 3.63) is 78.6 Å². The van der Waals surface area contributed by atoms with E-state index in [0.717, 1.165) is 23.8 Å². The van der Waals surface area contributed by atoms with Gasteiger partial charge in [0, 0.05) is 28.6 Å². The lowest BCUT2D eigenvalue weighted by molar-refractivity contribution is -0.692. The monoisotopic (exact) mass is 848 g/mol. The molecule has 0 amide bonds. The minimum absolute atomic E-state index is 0. The molecule has 0 saturated heterocycles. The van der Waals surface area contributed by atoms with Gasteiger partial charge in [0.2, 0.25) is 0 Å². The smallest absolute Gasteiger partial charge is 0.330 e. The number of anilines is 2. The van der Waals surface area contributed by atoms with Crippen molar-refractivity contribution in [2.24, 2.45) is 20.5 Å². The molecule has 1 heterocycles. The van der Waals surface area contributed by atoms with Gasteiger partial charge >= 0.3 is 5.97 Å². The van der Waals surface area contributed by atoms with Crippen LogP contribution >= 0.6 is 24.1 Å². The van der Waals surface area contributed by atoms with E-state index in [1.165, 1.54) is 30.3 Å². The van der Waals surface area contributed by atoms with Crippen LogP contribution in [0.25, 0.3) is 0 Å². The van der Waals surface area contributed by atoms with Gasteiger partial charge < -0.3 is 21.1 Å². The Bertz CT molecular complexity index is 2400. The summed E-state index contributed by atoms with van der Waals surface area (Å²) in [5, 5.41) is 26.8. The number of sulfone groups is 1. The Morgan fingerprint density at radius 3 is 2.15 bits per heavy atom. The highest BCUT2D eigenvalue weighted by Gasteiger charge is 2.24. The average molecular weight is 849 g/mol. The molecule has 290 valence electrons. The lowest BCUT2D eigenvalue weighted by atomic mass is 10.2. The zero-order chi connectivity index (χ0) is 39.0. The number of pyridine rings is 1. The fourth-order valence-corrected chi connectivity index (χ4v) is 7.64. The zero-order valence-electron chi connectivity index (χ0n) is 27.4. The van der Waals surface area contributed by atoms with E-state index >= 15 is 0 Å². The molecular formula is C28H30N7O14S5+. The number of rotatable bonds is 16. The first-order valence-electron chi connectivity index (χ1n) is 14.3. The summed E-state index contributed by atoms with van der Waals surface area (Å²) in [5.41, 5.74) is 10.7. The number of nitrogens with two attached hydrogens (primary N) is 2. The molecule has 0 spiro atoms. The predicted octanol–water partition coefficient (Wildman–Crippen LogP) is 4.04. The van der Waals surface area contributed by atoms with Crippen molar-refractivity contribution in [3.63, 3.8) is 0 Å². The van der Waals surface area contributed by atoms with Crippen molar-refractivity contribution in [2.75, 3.05) is 23.0 Å². The third kappa shape index (κ3) is 11.9. The maximum atomic E-state index is 12.9. The fraction of sp³-hybridized carbons (Fsp3) is 0.143. The Labute approximate surface area is 316 Å². The highest BCUT2D eigenvalue weighted by Crippen LogP contribution is 2.43. The number of carbonyl (C=O) groups excluding carboxylic acids is 1. The summed E-state index contributed by atoms with van der Waals surface area (Å²) >= 11 is 0.799. The Balaban J connectivity index is 0.00000784. The van der Waals surface area contributed by atoms with Gasteiger partial charge in [-0.2, -0.15) is 21.9 Å². The van der Waals surface area contributed by atoms with Crippen molar-refractivity contribution in [1.29, 1.82) is 0 Å². The molecule has 0 radical (unpaired) electrons. The second kappa shape index (κ2) is 18.6. The third-order valence-corrected chi connectivity index (χ3v) is 11.4. The number of nitrogen functional groups attached to an aromatic ring is 2. The van der Waals surface area contributed by atoms with Crippen molar-refractivity contribution in [1.82, 2.24) is 0 Å². The number of benzene rings is 3. The fourth-order valence-electron chi connectivity index (χ4n) is 4.19. The van der Waals surface area contributed by atoms with Crippen molar-refractivity contribution >= 4 is 94.3 Å². The molecule has 0 saturated carbocycles. The summed E-state index contributed by atoms with van der Waals surface area (Å²) < 4.78 is 105. The topological polar surface area (TPSA) is 345 Å². The lowest BCUT2D eigenvalue weighted by Crippen LogP contribution is -2.36. The SMILES string of the molecule is Cc1ccc[n+](CCS(=O)(=O)c2ccc(N=Nc3c(N)c(N=Nc4ccc(SOC(=O)CSOOO)cc4S(=O)(=O)O)cc(S(=O)(=O)O)c3N)cc2)c1.O. The van der Waals surface area contributed by atoms with Crippen molar-refractivity contribution in [3.8, 4) is 0 Å². The molecule has 0 aliphatic carbocycles. The van der Waals surface area contributed by atoms with E-state index in [9.17, 15) is 39.2 Å². The third-order valence-electron chi connectivity index (χ3n) is 6.64. The van der Waals surface area contributed by atoms with Crippen LogP contribution in [0.3, 0.4) is 0 Å². The number of hydrogen-bond donors (Lipinski definition) is 5. The van der Waals surface area contributed by atoms with Crippen LogP contribution in [0.1, 0.15) is 5.56 Å². The number of nitrogens with zero attached hydrogens (tertiary/aromatic N) is 5. The molecule has 3 aromatic carbocycles. The first-order valence-corrected chi connectivity index (χ1v) is 20.5. The molecule has 9 N–H and O–H groups in total. The zero-order valence-corrected chi connectivity index (χ0v) is 31.5. The van der Waals surface area contributed by atoms with Crippen LogP contribution in [0, 0.1) is 6.92 Å². The van der Waals surface area contributed by atoms with E-state index in [0.29, 0.717) is 24.1 Å². The normalized spacial score (nSPS) is 12.2. The van der Waals surface area contributed by atoms with Gasteiger partial charge in [-0.05, 0) is 61.5 Å². The molecule has 0 atom stereocenters. The van der Waals surface area contributed by atoms with E-state index in [1.807, 2.05) is 19.2 Å². The quantitative estimate of drug-likeness (QED) is 0.0155. The number of azo groups is 2. The van der Waals surface area contributed by atoms with Crippen LogP contribution in [0.5, 0.6) is 0 Å². The standard InChI is InChI=1S/C28H27N7O13S5.H2O/c1-17-3-2-10-35(15-17)11-12-51(38,39)20-7-4-18(5-8-20)31-34-28-26(29)22(14-24(27(28)30)53(43,44)45)33-32-21-9-6-19(13-23(21)52(40,41)42)50-46-25(36)16-49-48-47-37;/h2-10,13-15H,11-12,16,29-30H2,1H3,(H2-,37,40,41,42,43,44,45);1H2/p+1. The molecule has 21 nitrogen and oxygen atoms in total. The summed E-state index contributed by atoms with van der Waals surface area (Å²) in [5.74, 6) is -1.48. The van der Waals surface area contributed by atoms with E-state index < -0.39 is 80.0 Å². The van der Waals surface area contributed by atoms with Crippen LogP contribution in [0.4, 0.5) is 34.1 Å².